The van der Waals surface area contributed by atoms with Gasteiger partial charge in [-0.15, -0.1) is 0 Å². The van der Waals surface area contributed by atoms with E-state index in [2.05, 4.69) is 28.2 Å². The largest absolute Gasteiger partial charge is 0.484 e. The highest BCUT2D eigenvalue weighted by Crippen LogP contribution is 2.21. The van der Waals surface area contributed by atoms with Crippen LogP contribution in [0, 0.1) is 6.92 Å². The summed E-state index contributed by atoms with van der Waals surface area (Å²) in [6.07, 6.45) is 1.89. The third kappa shape index (κ3) is 7.33. The van der Waals surface area contributed by atoms with Crippen LogP contribution in [0.25, 0.3) is 0 Å². The van der Waals surface area contributed by atoms with Gasteiger partial charge in [0.1, 0.15) is 11.8 Å². The molecule has 2 aromatic carbocycles. The first-order chi connectivity index (χ1) is 14.3. The van der Waals surface area contributed by atoms with Crippen LogP contribution in [0.4, 0.5) is 0 Å². The molecule has 0 spiro atoms. The Labute approximate surface area is 191 Å². The SMILES string of the molecule is CCCCNC(=O)C(C)N(Cc1ccc(Br)cc1)C(=O)COc1ccc(Cl)c(C)c1. The quantitative estimate of drug-likeness (QED) is 0.465. The molecular formula is C23H28BrClN2O3. The maximum Gasteiger partial charge on any atom is 0.261 e. The van der Waals surface area contributed by atoms with Crippen LogP contribution in [0.3, 0.4) is 0 Å². The summed E-state index contributed by atoms with van der Waals surface area (Å²) in [5.41, 5.74) is 1.80. The fourth-order valence-electron chi connectivity index (χ4n) is 2.84. The highest BCUT2D eigenvalue weighted by molar-refractivity contribution is 9.10. The van der Waals surface area contributed by atoms with Crippen molar-refractivity contribution in [3.8, 4) is 5.75 Å². The van der Waals surface area contributed by atoms with E-state index in [-0.39, 0.29) is 18.4 Å². The van der Waals surface area contributed by atoms with Crippen molar-refractivity contribution in [2.45, 2.75) is 46.2 Å². The van der Waals surface area contributed by atoms with Gasteiger partial charge in [-0.05, 0) is 61.7 Å². The Morgan fingerprint density at radius 3 is 2.53 bits per heavy atom. The molecule has 5 nitrogen and oxygen atoms in total. The lowest BCUT2D eigenvalue weighted by Crippen LogP contribution is -2.49. The van der Waals surface area contributed by atoms with Crippen LogP contribution < -0.4 is 10.1 Å². The van der Waals surface area contributed by atoms with Crippen LogP contribution in [0.15, 0.2) is 46.9 Å². The average Bonchev–Trinajstić information content (AvgIpc) is 2.73. The number of rotatable bonds is 10. The zero-order valence-corrected chi connectivity index (χ0v) is 19.9. The van der Waals surface area contributed by atoms with Crippen LogP contribution in [0.2, 0.25) is 5.02 Å². The first-order valence-electron chi connectivity index (χ1n) is 10.0. The van der Waals surface area contributed by atoms with Crippen LogP contribution in [0.1, 0.15) is 37.8 Å². The molecule has 1 atom stereocenters. The third-order valence-corrected chi connectivity index (χ3v) is 5.71. The molecule has 1 unspecified atom stereocenters. The Hall–Kier alpha value is -2.05. The molecule has 0 bridgehead atoms. The smallest absolute Gasteiger partial charge is 0.261 e. The summed E-state index contributed by atoms with van der Waals surface area (Å²) in [4.78, 5) is 27.1. The minimum atomic E-state index is -0.617. The van der Waals surface area contributed by atoms with Crippen LogP contribution in [-0.4, -0.2) is 35.9 Å². The Bertz CT molecular complexity index is 858. The molecular weight excluding hydrogens is 468 g/mol. The Morgan fingerprint density at radius 1 is 1.20 bits per heavy atom. The predicted molar refractivity (Wildman–Crippen MR) is 124 cm³/mol. The number of amides is 2. The lowest BCUT2D eigenvalue weighted by atomic mass is 10.1. The molecule has 1 N–H and O–H groups in total. The van der Waals surface area contributed by atoms with Crippen molar-refractivity contribution in [1.82, 2.24) is 10.2 Å². The molecule has 2 rings (SSSR count). The summed E-state index contributed by atoms with van der Waals surface area (Å²) < 4.78 is 6.64. The molecule has 7 heteroatoms. The van der Waals surface area contributed by atoms with Crippen molar-refractivity contribution in [3.05, 3.63) is 63.1 Å². The monoisotopic (exact) mass is 494 g/mol. The van der Waals surface area contributed by atoms with E-state index in [0.717, 1.165) is 28.4 Å². The molecule has 162 valence electrons. The molecule has 0 fully saturated rings. The molecule has 0 saturated carbocycles. The van der Waals surface area contributed by atoms with E-state index in [1.54, 1.807) is 30.0 Å². The number of unbranched alkanes of at least 4 members (excludes halogenated alkanes) is 1. The first kappa shape index (κ1) is 24.2. The number of hydrogen-bond acceptors (Lipinski definition) is 3. The Balaban J connectivity index is 2.11. The Morgan fingerprint density at radius 2 is 1.90 bits per heavy atom. The molecule has 0 aliphatic carbocycles. The maximum absolute atomic E-state index is 13.0. The minimum Gasteiger partial charge on any atom is -0.484 e. The van der Waals surface area contributed by atoms with E-state index < -0.39 is 6.04 Å². The van der Waals surface area contributed by atoms with Gasteiger partial charge in [0.25, 0.3) is 5.91 Å². The van der Waals surface area contributed by atoms with Gasteiger partial charge in [-0.25, -0.2) is 0 Å². The number of aryl methyl sites for hydroxylation is 1. The minimum absolute atomic E-state index is 0.163. The summed E-state index contributed by atoms with van der Waals surface area (Å²) >= 11 is 9.46. The number of carbonyl (C=O) groups excluding carboxylic acids is 2. The van der Waals surface area contributed by atoms with E-state index in [4.69, 9.17) is 16.3 Å². The second kappa shape index (κ2) is 12.0. The van der Waals surface area contributed by atoms with E-state index >= 15 is 0 Å². The van der Waals surface area contributed by atoms with Gasteiger partial charge >= 0.3 is 0 Å². The summed E-state index contributed by atoms with van der Waals surface area (Å²) in [5, 5.41) is 3.55. The number of halogens is 2. The van der Waals surface area contributed by atoms with Crippen molar-refractivity contribution >= 4 is 39.3 Å². The molecule has 0 radical (unpaired) electrons. The number of nitrogens with one attached hydrogen (secondary N) is 1. The number of ether oxygens (including phenoxy) is 1. The summed E-state index contributed by atoms with van der Waals surface area (Å²) in [6, 6.07) is 12.3. The second-order valence-corrected chi connectivity index (χ2v) is 8.49. The zero-order valence-electron chi connectivity index (χ0n) is 17.6. The number of benzene rings is 2. The van der Waals surface area contributed by atoms with Gasteiger partial charge in [-0.3, -0.25) is 9.59 Å². The van der Waals surface area contributed by atoms with Crippen LogP contribution >= 0.6 is 27.5 Å². The number of nitrogens with zero attached hydrogens (tertiary/aromatic N) is 1. The second-order valence-electron chi connectivity index (χ2n) is 7.17. The predicted octanol–water partition coefficient (Wildman–Crippen LogP) is 5.12. The van der Waals surface area contributed by atoms with Gasteiger partial charge < -0.3 is 15.0 Å². The molecule has 0 heterocycles. The number of hydrogen-bond donors (Lipinski definition) is 1. The normalized spacial score (nSPS) is 11.6. The highest BCUT2D eigenvalue weighted by atomic mass is 79.9. The van der Waals surface area contributed by atoms with Crippen molar-refractivity contribution in [2.24, 2.45) is 0 Å². The average molecular weight is 496 g/mol. The highest BCUT2D eigenvalue weighted by Gasteiger charge is 2.26. The molecule has 2 amide bonds. The Kier molecular flexibility index (Phi) is 9.66. The van der Waals surface area contributed by atoms with E-state index in [0.29, 0.717) is 23.9 Å². The van der Waals surface area contributed by atoms with Crippen molar-refractivity contribution in [1.29, 1.82) is 0 Å². The molecule has 0 aromatic heterocycles. The van der Waals surface area contributed by atoms with E-state index in [1.165, 1.54) is 0 Å². The molecule has 30 heavy (non-hydrogen) atoms. The summed E-state index contributed by atoms with van der Waals surface area (Å²) in [5.74, 6) is 0.133. The topological polar surface area (TPSA) is 58.6 Å². The van der Waals surface area contributed by atoms with E-state index in [1.807, 2.05) is 31.2 Å². The maximum atomic E-state index is 13.0. The molecule has 0 saturated heterocycles. The van der Waals surface area contributed by atoms with Gasteiger partial charge in [0.05, 0.1) is 0 Å². The standard InChI is InChI=1S/C23H28BrClN2O3/c1-4-5-12-26-23(29)17(3)27(14-18-6-8-19(24)9-7-18)22(28)15-30-20-10-11-21(25)16(2)13-20/h6-11,13,17H,4-5,12,14-15H2,1-3H3,(H,26,29). The van der Waals surface area contributed by atoms with E-state index in [9.17, 15) is 9.59 Å². The molecule has 0 aliphatic rings. The lowest BCUT2D eigenvalue weighted by molar-refractivity contribution is -0.142. The summed E-state index contributed by atoms with van der Waals surface area (Å²) in [7, 11) is 0. The van der Waals surface area contributed by atoms with Gasteiger partial charge in [0, 0.05) is 22.6 Å². The molecule has 0 aliphatic heterocycles. The van der Waals surface area contributed by atoms with Crippen LogP contribution in [-0.2, 0) is 16.1 Å². The fourth-order valence-corrected chi connectivity index (χ4v) is 3.22. The van der Waals surface area contributed by atoms with Gasteiger partial charge in [-0.2, -0.15) is 0 Å². The first-order valence-corrected chi connectivity index (χ1v) is 11.2. The fraction of sp³-hybridized carbons (Fsp3) is 0.391. The third-order valence-electron chi connectivity index (χ3n) is 4.75. The van der Waals surface area contributed by atoms with Gasteiger partial charge in [0.2, 0.25) is 5.91 Å². The van der Waals surface area contributed by atoms with Crippen molar-refractivity contribution in [2.75, 3.05) is 13.2 Å². The number of carbonyl (C=O) groups is 2. The zero-order chi connectivity index (χ0) is 22.1. The van der Waals surface area contributed by atoms with Crippen molar-refractivity contribution in [3.63, 3.8) is 0 Å². The van der Waals surface area contributed by atoms with Gasteiger partial charge in [-0.1, -0.05) is 53.0 Å². The molecule has 2 aromatic rings. The lowest BCUT2D eigenvalue weighted by Gasteiger charge is -2.28. The van der Waals surface area contributed by atoms with Crippen LogP contribution in [0.5, 0.6) is 5.75 Å². The summed E-state index contributed by atoms with van der Waals surface area (Å²) in [6.45, 7) is 6.43. The van der Waals surface area contributed by atoms with Crippen molar-refractivity contribution < 1.29 is 14.3 Å². The van der Waals surface area contributed by atoms with Gasteiger partial charge in [0.15, 0.2) is 6.61 Å².